The van der Waals surface area contributed by atoms with E-state index in [4.69, 9.17) is 4.42 Å². The predicted molar refractivity (Wildman–Crippen MR) is 97.0 cm³/mol. The van der Waals surface area contributed by atoms with Crippen molar-refractivity contribution in [2.75, 3.05) is 0 Å². The van der Waals surface area contributed by atoms with Crippen molar-refractivity contribution in [3.63, 3.8) is 0 Å². The van der Waals surface area contributed by atoms with Gasteiger partial charge in [0.15, 0.2) is 5.78 Å². The van der Waals surface area contributed by atoms with Gasteiger partial charge >= 0.3 is 10.8 Å². The lowest BCUT2D eigenvalue weighted by Gasteiger charge is -2.33. The van der Waals surface area contributed by atoms with Crippen LogP contribution in [-0.4, -0.2) is 27.1 Å². The van der Waals surface area contributed by atoms with Crippen molar-refractivity contribution in [1.29, 1.82) is 0 Å². The summed E-state index contributed by atoms with van der Waals surface area (Å²) in [6.07, 6.45) is 1.43. The van der Waals surface area contributed by atoms with Gasteiger partial charge in [0, 0.05) is 5.56 Å². The lowest BCUT2D eigenvalue weighted by Crippen LogP contribution is -2.39. The van der Waals surface area contributed by atoms with Gasteiger partial charge in [-0.25, -0.2) is 4.39 Å². The molecule has 0 saturated heterocycles. The zero-order valence-electron chi connectivity index (χ0n) is 13.5. The van der Waals surface area contributed by atoms with E-state index in [1.807, 2.05) is 0 Å². The van der Waals surface area contributed by atoms with Crippen LogP contribution in [0.25, 0.3) is 0 Å². The number of hydrogen-bond donors (Lipinski definition) is 2. The number of carboxylic acid groups (broad SMARTS) is 1. The van der Waals surface area contributed by atoms with Gasteiger partial charge in [-0.15, -0.1) is 0 Å². The van der Waals surface area contributed by atoms with Crippen LogP contribution in [0.2, 0.25) is 0 Å². The number of H-pyrrole nitrogens is 1. The standard InChI is InChI=1S/C18H12FNO5S2/c19-9-5-3-8(4-6-9)13(21)12-11(10-2-1-7-25-10)14-16(20-18(24)27-14)26-15(12)17(22)23/h1-7,11-12,15H,(H,20,24)(H,22,23)/t11-,12-,15+/m0/s1. The molecule has 3 atom stereocenters. The number of carbonyl (C=O) groups excluding carboxylic acids is 1. The predicted octanol–water partition coefficient (Wildman–Crippen LogP) is 3.36. The zero-order valence-corrected chi connectivity index (χ0v) is 15.2. The molecule has 0 saturated carbocycles. The Morgan fingerprint density at radius 2 is 1.93 bits per heavy atom. The number of benzene rings is 1. The van der Waals surface area contributed by atoms with Gasteiger partial charge in [0.25, 0.3) is 0 Å². The Hall–Kier alpha value is -2.65. The van der Waals surface area contributed by atoms with Crippen molar-refractivity contribution >= 4 is 34.9 Å². The second kappa shape index (κ2) is 6.82. The van der Waals surface area contributed by atoms with Crippen LogP contribution < -0.4 is 4.87 Å². The number of thioether (sulfide) groups is 1. The van der Waals surface area contributed by atoms with Crippen LogP contribution in [0, 0.1) is 11.7 Å². The van der Waals surface area contributed by atoms with Crippen molar-refractivity contribution in [3.8, 4) is 0 Å². The SMILES string of the molecule is O=C(c1ccc(F)cc1)[C@@H]1[C@H](c2ccco2)c2sc(=O)[nH]c2S[C@H]1C(=O)O. The first-order chi connectivity index (χ1) is 13.0. The number of aliphatic carboxylic acids is 1. The minimum Gasteiger partial charge on any atom is -0.480 e. The molecule has 0 bridgehead atoms. The summed E-state index contributed by atoms with van der Waals surface area (Å²) in [7, 11) is 0. The van der Waals surface area contributed by atoms with Gasteiger partial charge in [0.1, 0.15) is 16.8 Å². The van der Waals surface area contributed by atoms with E-state index in [0.717, 1.165) is 35.2 Å². The maximum atomic E-state index is 13.2. The molecule has 3 heterocycles. The van der Waals surface area contributed by atoms with Crippen LogP contribution in [0.15, 0.2) is 56.9 Å². The number of hydrogen-bond acceptors (Lipinski definition) is 6. The number of aromatic nitrogens is 1. The van der Waals surface area contributed by atoms with E-state index in [-0.39, 0.29) is 10.4 Å². The normalized spacial score (nSPS) is 21.6. The molecule has 0 aliphatic carbocycles. The molecule has 138 valence electrons. The van der Waals surface area contributed by atoms with Crippen molar-refractivity contribution < 1.29 is 23.5 Å². The smallest absolute Gasteiger partial charge is 0.317 e. The Morgan fingerprint density at radius 1 is 1.19 bits per heavy atom. The lowest BCUT2D eigenvalue weighted by molar-refractivity contribution is -0.137. The third-order valence-corrected chi connectivity index (χ3v) is 6.78. The van der Waals surface area contributed by atoms with Gasteiger partial charge in [-0.2, -0.15) is 0 Å². The fourth-order valence-electron chi connectivity index (χ4n) is 3.23. The van der Waals surface area contributed by atoms with Crippen LogP contribution in [-0.2, 0) is 4.79 Å². The highest BCUT2D eigenvalue weighted by molar-refractivity contribution is 8.00. The molecule has 9 heteroatoms. The van der Waals surface area contributed by atoms with Gasteiger partial charge in [0.05, 0.1) is 28.0 Å². The third-order valence-electron chi connectivity index (χ3n) is 4.38. The van der Waals surface area contributed by atoms with Gasteiger partial charge in [0.2, 0.25) is 0 Å². The molecule has 1 aromatic carbocycles. The second-order valence-corrected chi connectivity index (χ2v) is 8.14. The maximum Gasteiger partial charge on any atom is 0.317 e. The second-order valence-electron chi connectivity index (χ2n) is 5.97. The number of aromatic amines is 1. The quantitative estimate of drug-likeness (QED) is 0.646. The van der Waals surface area contributed by atoms with Gasteiger partial charge < -0.3 is 14.5 Å². The van der Waals surface area contributed by atoms with E-state index in [9.17, 15) is 23.9 Å². The van der Waals surface area contributed by atoms with E-state index in [1.165, 1.54) is 18.4 Å². The Balaban J connectivity index is 1.88. The number of ketones is 1. The van der Waals surface area contributed by atoms with Crippen molar-refractivity contribution in [2.45, 2.75) is 16.2 Å². The number of carboxylic acids is 1. The number of furan rings is 1. The molecular formula is C18H12FNO5S2. The molecule has 2 N–H and O–H groups in total. The number of rotatable bonds is 4. The van der Waals surface area contributed by atoms with Crippen LogP contribution in [0.5, 0.6) is 0 Å². The Kier molecular flexibility index (Phi) is 4.48. The number of fused-ring (bicyclic) bond motifs is 1. The number of thiazole rings is 1. The van der Waals surface area contributed by atoms with E-state index in [0.29, 0.717) is 15.7 Å². The Bertz CT molecular complexity index is 1050. The summed E-state index contributed by atoms with van der Waals surface area (Å²) in [5, 5.41) is 9.05. The highest BCUT2D eigenvalue weighted by Crippen LogP contribution is 2.50. The summed E-state index contributed by atoms with van der Waals surface area (Å²) in [6.45, 7) is 0. The largest absolute Gasteiger partial charge is 0.480 e. The zero-order chi connectivity index (χ0) is 19.1. The maximum absolute atomic E-state index is 13.2. The van der Waals surface area contributed by atoms with E-state index in [1.54, 1.807) is 12.1 Å². The number of carbonyl (C=O) groups is 2. The lowest BCUT2D eigenvalue weighted by atomic mass is 9.80. The minimum absolute atomic E-state index is 0.205. The molecular weight excluding hydrogens is 393 g/mol. The van der Waals surface area contributed by atoms with Crippen molar-refractivity contribution in [2.24, 2.45) is 5.92 Å². The molecule has 4 rings (SSSR count). The molecule has 27 heavy (non-hydrogen) atoms. The van der Waals surface area contributed by atoms with Crippen molar-refractivity contribution in [1.82, 2.24) is 4.98 Å². The van der Waals surface area contributed by atoms with Gasteiger partial charge in [-0.1, -0.05) is 23.1 Å². The average Bonchev–Trinajstić information content (AvgIpc) is 3.28. The van der Waals surface area contributed by atoms with Crippen LogP contribution in [0.3, 0.4) is 0 Å². The molecule has 1 aliphatic heterocycles. The molecule has 6 nitrogen and oxygen atoms in total. The van der Waals surface area contributed by atoms with E-state index in [2.05, 4.69) is 4.98 Å². The summed E-state index contributed by atoms with van der Waals surface area (Å²) in [5.74, 6) is -3.44. The summed E-state index contributed by atoms with van der Waals surface area (Å²) >= 11 is 1.87. The van der Waals surface area contributed by atoms with Crippen LogP contribution in [0.1, 0.15) is 26.9 Å². The highest BCUT2D eigenvalue weighted by atomic mass is 32.2. The summed E-state index contributed by atoms with van der Waals surface area (Å²) < 4.78 is 18.7. The number of halogens is 1. The molecule has 0 spiro atoms. The topological polar surface area (TPSA) is 100 Å². The summed E-state index contributed by atoms with van der Waals surface area (Å²) in [4.78, 5) is 39.9. The Morgan fingerprint density at radius 3 is 2.56 bits per heavy atom. The third kappa shape index (κ3) is 3.13. The number of Topliss-reactive ketones (excluding diaryl/α,β-unsaturated/α-hetero) is 1. The fourth-order valence-corrected chi connectivity index (χ4v) is 5.63. The first-order valence-corrected chi connectivity index (χ1v) is 9.61. The van der Waals surface area contributed by atoms with Crippen molar-refractivity contribution in [3.05, 3.63) is 74.3 Å². The summed E-state index contributed by atoms with van der Waals surface area (Å²) in [6, 6.07) is 8.26. The molecule has 0 amide bonds. The summed E-state index contributed by atoms with van der Waals surface area (Å²) in [5.41, 5.74) is 0.205. The molecule has 0 radical (unpaired) electrons. The van der Waals surface area contributed by atoms with Crippen LogP contribution in [0.4, 0.5) is 4.39 Å². The molecule has 2 aromatic heterocycles. The molecule has 1 aliphatic rings. The highest BCUT2D eigenvalue weighted by Gasteiger charge is 2.48. The average molecular weight is 405 g/mol. The Labute approximate surface area is 160 Å². The van der Waals surface area contributed by atoms with Crippen LogP contribution >= 0.6 is 23.1 Å². The first-order valence-electron chi connectivity index (χ1n) is 7.91. The van der Waals surface area contributed by atoms with Gasteiger partial charge in [-0.3, -0.25) is 14.4 Å². The molecule has 0 fully saturated rings. The monoisotopic (exact) mass is 405 g/mol. The first kappa shape index (κ1) is 17.7. The van der Waals surface area contributed by atoms with E-state index < -0.39 is 34.7 Å². The number of nitrogens with one attached hydrogen (secondary N) is 1. The van der Waals surface area contributed by atoms with E-state index >= 15 is 0 Å². The van der Waals surface area contributed by atoms with Gasteiger partial charge in [-0.05, 0) is 36.4 Å². The molecule has 3 aromatic rings. The minimum atomic E-state index is -1.17. The molecule has 0 unspecified atom stereocenters. The fraction of sp³-hybridized carbons (Fsp3) is 0.167.